The number of aromatic nitrogens is 4. The first-order valence-corrected chi connectivity index (χ1v) is 6.98. The van der Waals surface area contributed by atoms with Crippen LogP contribution in [0.4, 0.5) is 0 Å². The zero-order valence-electron chi connectivity index (χ0n) is 10.1. The van der Waals surface area contributed by atoms with Gasteiger partial charge in [0, 0.05) is 10.9 Å². The third-order valence-electron chi connectivity index (χ3n) is 2.89. The number of hydrogen-bond acceptors (Lipinski definition) is 3. The summed E-state index contributed by atoms with van der Waals surface area (Å²) >= 11 is 3.45. The first-order chi connectivity index (χ1) is 9.38. The van der Waals surface area contributed by atoms with Gasteiger partial charge in [-0.3, -0.25) is 0 Å². The molecule has 0 N–H and O–H groups in total. The normalized spacial score (nSPS) is 10.6. The highest BCUT2D eigenvalue weighted by molar-refractivity contribution is 9.08. The Labute approximate surface area is 119 Å². The average Bonchev–Trinajstić information content (AvgIpc) is 3.01. The molecule has 3 aromatic rings. The van der Waals surface area contributed by atoms with E-state index in [1.54, 1.807) is 0 Å². The molecular formula is C14H11BrN4. The second kappa shape index (κ2) is 5.32. The minimum absolute atomic E-state index is 0.861. The number of benzene rings is 2. The summed E-state index contributed by atoms with van der Waals surface area (Å²) < 4.78 is 0. The first-order valence-electron chi connectivity index (χ1n) is 5.86. The van der Waals surface area contributed by atoms with Crippen molar-refractivity contribution in [3.63, 3.8) is 0 Å². The van der Waals surface area contributed by atoms with Gasteiger partial charge in [-0.25, -0.2) is 0 Å². The van der Waals surface area contributed by atoms with Crippen LogP contribution in [0.5, 0.6) is 0 Å². The largest absolute Gasteiger partial charge is 0.162 e. The molecule has 1 heterocycles. The van der Waals surface area contributed by atoms with Gasteiger partial charge in [0.1, 0.15) is 0 Å². The molecule has 0 saturated heterocycles. The van der Waals surface area contributed by atoms with Crippen molar-refractivity contribution in [2.45, 2.75) is 5.33 Å². The van der Waals surface area contributed by atoms with Crippen molar-refractivity contribution < 1.29 is 0 Å². The van der Waals surface area contributed by atoms with Crippen molar-refractivity contribution in [2.24, 2.45) is 0 Å². The van der Waals surface area contributed by atoms with E-state index in [0.717, 1.165) is 22.1 Å². The molecule has 0 bridgehead atoms. The van der Waals surface area contributed by atoms with Crippen LogP contribution in [0.15, 0.2) is 54.9 Å². The van der Waals surface area contributed by atoms with Gasteiger partial charge in [-0.2, -0.15) is 0 Å². The van der Waals surface area contributed by atoms with Crippen molar-refractivity contribution in [3.8, 4) is 16.8 Å². The molecule has 4 nitrogen and oxygen atoms in total. The molecule has 0 fully saturated rings. The lowest BCUT2D eigenvalue weighted by molar-refractivity contribution is 0.721. The Bertz CT molecular complexity index is 662. The zero-order chi connectivity index (χ0) is 13.1. The van der Waals surface area contributed by atoms with E-state index in [1.165, 1.54) is 16.7 Å². The maximum absolute atomic E-state index is 4.09. The molecule has 94 valence electrons. The maximum Gasteiger partial charge on any atom is 0.162 e. The minimum Gasteiger partial charge on any atom is -0.135 e. The van der Waals surface area contributed by atoms with Gasteiger partial charge < -0.3 is 0 Å². The Morgan fingerprint density at radius 2 is 1.79 bits per heavy atom. The highest BCUT2D eigenvalue weighted by Gasteiger charge is 2.07. The molecule has 19 heavy (non-hydrogen) atoms. The van der Waals surface area contributed by atoms with E-state index >= 15 is 0 Å². The Balaban J connectivity index is 2.09. The summed E-state index contributed by atoms with van der Waals surface area (Å²) in [7, 11) is 0. The van der Waals surface area contributed by atoms with Gasteiger partial charge in [0.15, 0.2) is 6.33 Å². The summed E-state index contributed by atoms with van der Waals surface area (Å²) in [4.78, 5) is 1.54. The summed E-state index contributed by atoms with van der Waals surface area (Å²) in [6.07, 6.45) is 1.44. The van der Waals surface area contributed by atoms with Gasteiger partial charge >= 0.3 is 0 Å². The monoisotopic (exact) mass is 314 g/mol. The van der Waals surface area contributed by atoms with Crippen LogP contribution in [0, 0.1) is 0 Å². The predicted octanol–water partition coefficient (Wildman–Crippen LogP) is 3.22. The average molecular weight is 315 g/mol. The third kappa shape index (κ3) is 2.42. The van der Waals surface area contributed by atoms with Gasteiger partial charge in [-0.15, -0.1) is 15.0 Å². The Morgan fingerprint density at radius 1 is 1.00 bits per heavy atom. The van der Waals surface area contributed by atoms with Gasteiger partial charge in [-0.05, 0) is 22.4 Å². The molecule has 0 unspecified atom stereocenters. The molecule has 0 saturated carbocycles. The molecule has 0 aliphatic rings. The quantitative estimate of drug-likeness (QED) is 0.697. The lowest BCUT2D eigenvalue weighted by atomic mass is 10.0. The molecule has 0 aliphatic carbocycles. The van der Waals surface area contributed by atoms with Crippen LogP contribution in [0.2, 0.25) is 0 Å². The Morgan fingerprint density at radius 3 is 2.47 bits per heavy atom. The second-order valence-electron chi connectivity index (χ2n) is 4.07. The van der Waals surface area contributed by atoms with E-state index < -0.39 is 0 Å². The fraction of sp³-hybridized carbons (Fsp3) is 0.0714. The van der Waals surface area contributed by atoms with Crippen molar-refractivity contribution in [1.82, 2.24) is 20.2 Å². The van der Waals surface area contributed by atoms with Crippen LogP contribution in [-0.2, 0) is 5.33 Å². The number of para-hydroxylation sites is 1. The van der Waals surface area contributed by atoms with Crippen LogP contribution in [-0.4, -0.2) is 20.2 Å². The standard InChI is InChI=1S/C14H11BrN4/c15-9-11-5-7-12(8-6-11)13-3-1-2-4-14(13)19-17-10-16-18-19/h1-8,10H,9H2. The van der Waals surface area contributed by atoms with E-state index in [9.17, 15) is 0 Å². The summed E-state index contributed by atoms with van der Waals surface area (Å²) in [6, 6.07) is 16.4. The molecule has 0 aliphatic heterocycles. The Kier molecular flexibility index (Phi) is 3.37. The highest BCUT2D eigenvalue weighted by atomic mass is 79.9. The van der Waals surface area contributed by atoms with Crippen LogP contribution < -0.4 is 0 Å². The van der Waals surface area contributed by atoms with E-state index in [1.807, 2.05) is 18.2 Å². The fourth-order valence-corrected chi connectivity index (χ4v) is 2.32. The molecule has 3 rings (SSSR count). The predicted molar refractivity (Wildman–Crippen MR) is 77.2 cm³/mol. The molecule has 0 amide bonds. The second-order valence-corrected chi connectivity index (χ2v) is 4.63. The summed E-state index contributed by atoms with van der Waals surface area (Å²) in [5, 5.41) is 12.7. The van der Waals surface area contributed by atoms with Crippen LogP contribution in [0.3, 0.4) is 0 Å². The van der Waals surface area contributed by atoms with Gasteiger partial charge in [0.2, 0.25) is 0 Å². The number of rotatable bonds is 3. The van der Waals surface area contributed by atoms with Crippen molar-refractivity contribution in [2.75, 3.05) is 0 Å². The van der Waals surface area contributed by atoms with Crippen LogP contribution in [0.25, 0.3) is 16.8 Å². The number of halogens is 1. The number of hydrogen-bond donors (Lipinski definition) is 0. The van der Waals surface area contributed by atoms with Gasteiger partial charge in [0.05, 0.1) is 5.69 Å². The summed E-state index contributed by atoms with van der Waals surface area (Å²) in [5.41, 5.74) is 4.39. The highest BCUT2D eigenvalue weighted by Crippen LogP contribution is 2.26. The van der Waals surface area contributed by atoms with Crippen LogP contribution in [0.1, 0.15) is 5.56 Å². The molecule has 0 atom stereocenters. The lowest BCUT2D eigenvalue weighted by Crippen LogP contribution is -2.01. The fourth-order valence-electron chi connectivity index (χ4n) is 1.94. The molecule has 0 spiro atoms. The SMILES string of the molecule is BrCc1ccc(-c2ccccc2-n2ncnn2)cc1. The Hall–Kier alpha value is -2.01. The molecule has 5 heteroatoms. The van der Waals surface area contributed by atoms with Crippen molar-refractivity contribution in [3.05, 3.63) is 60.4 Å². The number of tetrazole rings is 1. The molecular weight excluding hydrogens is 304 g/mol. The number of nitrogens with zero attached hydrogens (tertiary/aromatic N) is 4. The lowest BCUT2D eigenvalue weighted by Gasteiger charge is -2.08. The van der Waals surface area contributed by atoms with Crippen LogP contribution >= 0.6 is 15.9 Å². The number of alkyl halides is 1. The summed E-state index contributed by atoms with van der Waals surface area (Å²) in [6.45, 7) is 0. The summed E-state index contributed by atoms with van der Waals surface area (Å²) in [5.74, 6) is 0. The third-order valence-corrected chi connectivity index (χ3v) is 3.54. The first kappa shape index (κ1) is 12.0. The van der Waals surface area contributed by atoms with Gasteiger partial charge in [-0.1, -0.05) is 58.4 Å². The van der Waals surface area contributed by atoms with E-state index in [-0.39, 0.29) is 0 Å². The van der Waals surface area contributed by atoms with Crippen molar-refractivity contribution >= 4 is 15.9 Å². The van der Waals surface area contributed by atoms with E-state index in [2.05, 4.69) is 61.7 Å². The van der Waals surface area contributed by atoms with Crippen molar-refractivity contribution in [1.29, 1.82) is 0 Å². The minimum atomic E-state index is 0.861. The molecule has 1 aromatic heterocycles. The molecule has 0 radical (unpaired) electrons. The van der Waals surface area contributed by atoms with E-state index in [4.69, 9.17) is 0 Å². The molecule has 2 aromatic carbocycles. The smallest absolute Gasteiger partial charge is 0.135 e. The van der Waals surface area contributed by atoms with Gasteiger partial charge in [0.25, 0.3) is 0 Å². The maximum atomic E-state index is 4.09. The topological polar surface area (TPSA) is 43.6 Å². The zero-order valence-corrected chi connectivity index (χ0v) is 11.7. The van der Waals surface area contributed by atoms with E-state index in [0.29, 0.717) is 0 Å².